The normalized spacial score (nSPS) is 15.7. The van der Waals surface area contributed by atoms with Crippen molar-refractivity contribution in [1.29, 1.82) is 0 Å². The van der Waals surface area contributed by atoms with Crippen molar-refractivity contribution in [2.75, 3.05) is 13.2 Å². The van der Waals surface area contributed by atoms with Crippen LogP contribution in [0.3, 0.4) is 0 Å². The van der Waals surface area contributed by atoms with E-state index in [1.807, 2.05) is 69.3 Å². The Bertz CT molecular complexity index is 1770. The zero-order valence-electron chi connectivity index (χ0n) is 27.3. The average molecular weight is 663 g/mol. The molecule has 1 heterocycles. The summed E-state index contributed by atoms with van der Waals surface area (Å²) in [6.07, 6.45) is 2.34. The average Bonchev–Trinajstić information content (AvgIpc) is 3.34. The molecule has 0 aromatic heterocycles. The molecule has 0 saturated heterocycles. The Kier molecular flexibility index (Phi) is 9.92. The largest absolute Gasteiger partial charge is 0.487 e. The highest BCUT2D eigenvalue weighted by atomic mass is 32.2. The first-order valence-corrected chi connectivity index (χ1v) is 17.2. The number of alkyl carbamates (subject to hydrolysis) is 1. The number of carbonyl (C=O) groups excluding carboxylic acids is 1. The second-order valence-electron chi connectivity index (χ2n) is 12.7. The Morgan fingerprint density at radius 3 is 2.32 bits per heavy atom. The molecular weight excluding hydrogens is 620 g/mol. The first-order valence-electron chi connectivity index (χ1n) is 15.7. The standard InChI is InChI=1S/C35H42N4O7S/c1-21-22(2)32(23(3)24-16-17-35(4,5)46-31(21)24)47(43,44)39-37-20-36-18-10-15-30(33(40)41)38-34(42)45-19-29-27-13-8-6-11-25(27)26-12-7-9-14-28(26)29/h6-9,11-14,20,29-30,39H,10,15-19H2,1-5H3,(H,36,37)(H,38,42)(H,40,41)/t30-/m0/s1. The third-order valence-electron chi connectivity index (χ3n) is 9.00. The van der Waals surface area contributed by atoms with Crippen molar-refractivity contribution in [3.63, 3.8) is 0 Å². The van der Waals surface area contributed by atoms with Gasteiger partial charge in [0.25, 0.3) is 10.0 Å². The fourth-order valence-corrected chi connectivity index (χ4v) is 7.84. The van der Waals surface area contributed by atoms with E-state index in [1.54, 1.807) is 13.8 Å². The maximum atomic E-state index is 13.3. The summed E-state index contributed by atoms with van der Waals surface area (Å²) in [6, 6.07) is 14.8. The number of fused-ring (bicyclic) bond motifs is 4. The first kappa shape index (κ1) is 33.9. The summed E-state index contributed by atoms with van der Waals surface area (Å²) in [7, 11) is -3.93. The summed E-state index contributed by atoms with van der Waals surface area (Å²) in [5.74, 6) is -0.563. The van der Waals surface area contributed by atoms with Crippen molar-refractivity contribution in [2.45, 2.75) is 82.8 Å². The molecule has 2 aliphatic rings. The van der Waals surface area contributed by atoms with E-state index >= 15 is 0 Å². The van der Waals surface area contributed by atoms with Gasteiger partial charge in [0, 0.05) is 12.5 Å². The molecule has 1 amide bonds. The van der Waals surface area contributed by atoms with Crippen molar-refractivity contribution in [2.24, 2.45) is 4.99 Å². The molecule has 0 fully saturated rings. The Morgan fingerprint density at radius 1 is 1.04 bits per heavy atom. The van der Waals surface area contributed by atoms with Crippen molar-refractivity contribution >= 4 is 28.4 Å². The number of carboxylic acid groups (broad SMARTS) is 1. The van der Waals surface area contributed by atoms with Crippen molar-refractivity contribution in [3.8, 4) is 16.9 Å². The van der Waals surface area contributed by atoms with Gasteiger partial charge < -0.3 is 19.9 Å². The molecule has 0 radical (unpaired) electrons. The molecule has 3 aromatic rings. The summed E-state index contributed by atoms with van der Waals surface area (Å²) in [6.45, 7) is 9.77. The number of hydrazine groups is 1. The van der Waals surface area contributed by atoms with Gasteiger partial charge in [0.1, 0.15) is 24.0 Å². The van der Waals surface area contributed by atoms with Gasteiger partial charge in [-0.05, 0) is 105 Å². The van der Waals surface area contributed by atoms with Crippen LogP contribution < -0.4 is 20.3 Å². The number of hydrogen-bond donors (Lipinski definition) is 4. The molecule has 4 N–H and O–H groups in total. The van der Waals surface area contributed by atoms with Gasteiger partial charge in [0.2, 0.25) is 0 Å². The molecule has 1 aliphatic carbocycles. The van der Waals surface area contributed by atoms with Crippen molar-refractivity contribution in [3.05, 3.63) is 81.9 Å². The lowest BCUT2D eigenvalue weighted by molar-refractivity contribution is -0.139. The van der Waals surface area contributed by atoms with Crippen LogP contribution in [0.5, 0.6) is 5.75 Å². The number of carboxylic acids is 1. The van der Waals surface area contributed by atoms with E-state index in [9.17, 15) is 23.1 Å². The van der Waals surface area contributed by atoms with E-state index in [1.165, 1.54) is 6.34 Å². The van der Waals surface area contributed by atoms with Crippen LogP contribution in [-0.2, 0) is 26.0 Å². The lowest BCUT2D eigenvalue weighted by Gasteiger charge is -2.35. The molecule has 47 heavy (non-hydrogen) atoms. The minimum atomic E-state index is -3.93. The highest BCUT2D eigenvalue weighted by molar-refractivity contribution is 7.89. The second-order valence-corrected chi connectivity index (χ2v) is 14.3. The zero-order valence-corrected chi connectivity index (χ0v) is 28.2. The van der Waals surface area contributed by atoms with E-state index < -0.39 is 28.1 Å². The number of hydrogen-bond acceptors (Lipinski definition) is 7. The Hall–Kier alpha value is -4.42. The lowest BCUT2D eigenvalue weighted by atomic mass is 9.88. The predicted octanol–water partition coefficient (Wildman–Crippen LogP) is 5.30. The van der Waals surface area contributed by atoms with Gasteiger partial charge in [-0.25, -0.2) is 18.0 Å². The van der Waals surface area contributed by atoms with Gasteiger partial charge in [-0.1, -0.05) is 48.5 Å². The van der Waals surface area contributed by atoms with Crippen LogP contribution in [0.15, 0.2) is 58.4 Å². The number of nitrogens with one attached hydrogen (secondary N) is 3. The lowest BCUT2D eigenvalue weighted by Crippen LogP contribution is -2.41. The number of benzene rings is 3. The van der Waals surface area contributed by atoms with Crippen LogP contribution in [0.2, 0.25) is 0 Å². The molecule has 1 atom stereocenters. The van der Waals surface area contributed by atoms with E-state index in [0.29, 0.717) is 17.5 Å². The topological polar surface area (TPSA) is 155 Å². The Balaban J connectivity index is 1.10. The molecule has 250 valence electrons. The fourth-order valence-electron chi connectivity index (χ4n) is 6.44. The van der Waals surface area contributed by atoms with Crippen LogP contribution in [-0.4, -0.2) is 56.7 Å². The summed E-state index contributed by atoms with van der Waals surface area (Å²) in [5.41, 5.74) is 9.52. The molecule has 11 nitrogen and oxygen atoms in total. The molecule has 5 rings (SSSR count). The summed E-state index contributed by atoms with van der Waals surface area (Å²) >= 11 is 0. The first-order chi connectivity index (χ1) is 22.3. The van der Waals surface area contributed by atoms with Gasteiger partial charge in [0.05, 0.1) is 11.2 Å². The number of ether oxygens (including phenoxy) is 2. The second kappa shape index (κ2) is 13.7. The highest BCUT2D eigenvalue weighted by Crippen LogP contribution is 2.45. The monoisotopic (exact) mass is 662 g/mol. The number of sulfonamides is 1. The molecule has 12 heteroatoms. The molecule has 0 bridgehead atoms. The maximum absolute atomic E-state index is 13.3. The third kappa shape index (κ3) is 7.28. The van der Waals surface area contributed by atoms with Gasteiger partial charge in [0.15, 0.2) is 0 Å². The van der Waals surface area contributed by atoms with E-state index in [0.717, 1.165) is 52.0 Å². The van der Waals surface area contributed by atoms with Crippen LogP contribution in [0.4, 0.5) is 4.79 Å². The van der Waals surface area contributed by atoms with Gasteiger partial charge in [-0.3, -0.25) is 10.4 Å². The van der Waals surface area contributed by atoms with Crippen LogP contribution in [0, 0.1) is 20.8 Å². The molecule has 0 unspecified atom stereocenters. The molecule has 3 aromatic carbocycles. The van der Waals surface area contributed by atoms with Gasteiger partial charge in [-0.15, -0.1) is 4.83 Å². The third-order valence-corrected chi connectivity index (χ3v) is 10.5. The number of aliphatic imine (C=N–C) groups is 1. The number of rotatable bonds is 12. The van der Waals surface area contributed by atoms with Crippen LogP contribution in [0.25, 0.3) is 11.1 Å². The molecule has 0 saturated carbocycles. The molecule has 1 aliphatic heterocycles. The minimum Gasteiger partial charge on any atom is -0.487 e. The Morgan fingerprint density at radius 2 is 1.68 bits per heavy atom. The SMILES string of the molecule is Cc1c(C)c(S(=O)(=O)NNC=NCCC[C@H](NC(=O)OCC2c3ccccc3-c3ccccc32)C(=O)O)c(C)c2c1OC(C)(C)CC2. The highest BCUT2D eigenvalue weighted by Gasteiger charge is 2.34. The number of amides is 1. The van der Waals surface area contributed by atoms with Gasteiger partial charge in [-0.2, -0.15) is 0 Å². The maximum Gasteiger partial charge on any atom is 0.407 e. The van der Waals surface area contributed by atoms with E-state index in [4.69, 9.17) is 9.47 Å². The van der Waals surface area contributed by atoms with Crippen LogP contribution >= 0.6 is 0 Å². The number of carbonyl (C=O) groups is 2. The predicted molar refractivity (Wildman–Crippen MR) is 179 cm³/mol. The number of nitrogens with zero attached hydrogens (tertiary/aromatic N) is 1. The summed E-state index contributed by atoms with van der Waals surface area (Å²) < 4.78 is 38.2. The van der Waals surface area contributed by atoms with Crippen molar-refractivity contribution < 1.29 is 32.6 Å². The Labute approximate surface area is 275 Å². The van der Waals surface area contributed by atoms with Gasteiger partial charge >= 0.3 is 12.1 Å². The zero-order chi connectivity index (χ0) is 33.9. The summed E-state index contributed by atoms with van der Waals surface area (Å²) in [4.78, 5) is 31.1. The van der Waals surface area contributed by atoms with E-state index in [-0.39, 0.29) is 36.0 Å². The van der Waals surface area contributed by atoms with Crippen molar-refractivity contribution in [1.82, 2.24) is 15.6 Å². The molecular formula is C35H42N4O7S. The quantitative estimate of drug-likeness (QED) is 0.0882. The minimum absolute atomic E-state index is 0.0775. The summed E-state index contributed by atoms with van der Waals surface area (Å²) in [5, 5.41) is 12.1. The van der Waals surface area contributed by atoms with E-state index in [2.05, 4.69) is 20.6 Å². The van der Waals surface area contributed by atoms with Crippen LogP contribution in [0.1, 0.15) is 72.4 Å². The number of aliphatic carboxylic acids is 1. The smallest absolute Gasteiger partial charge is 0.407 e. The molecule has 0 spiro atoms. The fraction of sp³-hybridized carbons (Fsp3) is 0.400.